The average Bonchev–Trinajstić information content (AvgIpc) is 2.54. The molecule has 0 fully saturated rings. The molecule has 6 nitrogen and oxygen atoms in total. The summed E-state index contributed by atoms with van der Waals surface area (Å²) in [5.74, 6) is -1.60. The first-order chi connectivity index (χ1) is 11.0. The molecular weight excluding hydrogens is 321 g/mol. The average molecular weight is 337 g/mol. The highest BCUT2D eigenvalue weighted by Crippen LogP contribution is 2.05. The molecule has 1 amide bonds. The van der Waals surface area contributed by atoms with E-state index in [2.05, 4.69) is 15.0 Å². The molecule has 122 valence electrons. The van der Waals surface area contributed by atoms with Crippen molar-refractivity contribution in [2.45, 2.75) is 6.54 Å². The van der Waals surface area contributed by atoms with Gasteiger partial charge < -0.3 is 5.32 Å². The molecule has 23 heavy (non-hydrogen) atoms. The van der Waals surface area contributed by atoms with Gasteiger partial charge in [0.25, 0.3) is 5.91 Å². The number of aromatic nitrogens is 1. The third-order valence-electron chi connectivity index (χ3n) is 2.99. The van der Waals surface area contributed by atoms with Crippen LogP contribution >= 0.6 is 0 Å². The summed E-state index contributed by atoms with van der Waals surface area (Å²) in [5.41, 5.74) is 0.611. The van der Waals surface area contributed by atoms with Gasteiger partial charge in [0.05, 0.1) is 11.3 Å². The van der Waals surface area contributed by atoms with Gasteiger partial charge in [0.1, 0.15) is 5.82 Å². The van der Waals surface area contributed by atoms with Crippen molar-refractivity contribution < 1.29 is 17.6 Å². The van der Waals surface area contributed by atoms with Gasteiger partial charge in [0, 0.05) is 25.5 Å². The van der Waals surface area contributed by atoms with Gasteiger partial charge in [0.2, 0.25) is 10.0 Å². The van der Waals surface area contributed by atoms with E-state index in [4.69, 9.17) is 0 Å². The largest absolute Gasteiger partial charge is 0.351 e. The van der Waals surface area contributed by atoms with Crippen LogP contribution in [-0.2, 0) is 16.6 Å². The van der Waals surface area contributed by atoms with Crippen molar-refractivity contribution in [2.24, 2.45) is 0 Å². The molecule has 8 heteroatoms. The van der Waals surface area contributed by atoms with Crippen molar-refractivity contribution in [3.8, 4) is 0 Å². The maximum Gasteiger partial charge on any atom is 0.254 e. The van der Waals surface area contributed by atoms with E-state index in [1.807, 2.05) is 0 Å². The van der Waals surface area contributed by atoms with Crippen LogP contribution in [0.3, 0.4) is 0 Å². The SMILES string of the molecule is O=C(NCCS(=O)(=O)NCc1cccnc1)c1ccccc1F. The lowest BCUT2D eigenvalue weighted by Gasteiger charge is -2.08. The van der Waals surface area contributed by atoms with E-state index in [0.717, 1.165) is 5.56 Å². The summed E-state index contributed by atoms with van der Waals surface area (Å²) in [4.78, 5) is 15.6. The third-order valence-corrected chi connectivity index (χ3v) is 4.32. The maximum absolute atomic E-state index is 13.4. The number of hydrogen-bond acceptors (Lipinski definition) is 4. The van der Waals surface area contributed by atoms with Crippen LogP contribution in [0.5, 0.6) is 0 Å². The number of nitrogens with one attached hydrogen (secondary N) is 2. The molecule has 2 rings (SSSR count). The number of hydrogen-bond donors (Lipinski definition) is 2. The van der Waals surface area contributed by atoms with Crippen molar-refractivity contribution >= 4 is 15.9 Å². The van der Waals surface area contributed by atoms with Crippen LogP contribution in [0.4, 0.5) is 4.39 Å². The van der Waals surface area contributed by atoms with E-state index in [1.165, 1.54) is 24.3 Å². The number of carbonyl (C=O) groups is 1. The Morgan fingerprint density at radius 2 is 1.96 bits per heavy atom. The molecular formula is C15H16FN3O3S. The van der Waals surface area contributed by atoms with Gasteiger partial charge in [-0.15, -0.1) is 0 Å². The van der Waals surface area contributed by atoms with E-state index in [-0.39, 0.29) is 24.4 Å². The Morgan fingerprint density at radius 3 is 2.65 bits per heavy atom. The van der Waals surface area contributed by atoms with Gasteiger partial charge >= 0.3 is 0 Å². The lowest BCUT2D eigenvalue weighted by Crippen LogP contribution is -2.34. The highest BCUT2D eigenvalue weighted by atomic mass is 32.2. The predicted octanol–water partition coefficient (Wildman–Crippen LogP) is 1.07. The molecule has 0 aliphatic rings. The molecule has 0 bridgehead atoms. The first kappa shape index (κ1) is 17.0. The molecule has 2 N–H and O–H groups in total. The molecule has 0 unspecified atom stereocenters. The van der Waals surface area contributed by atoms with Crippen LogP contribution in [0.2, 0.25) is 0 Å². The van der Waals surface area contributed by atoms with E-state index >= 15 is 0 Å². The number of rotatable bonds is 7. The summed E-state index contributed by atoms with van der Waals surface area (Å²) in [7, 11) is -3.55. The van der Waals surface area contributed by atoms with Crippen molar-refractivity contribution in [1.29, 1.82) is 0 Å². The molecule has 1 heterocycles. The maximum atomic E-state index is 13.4. The van der Waals surface area contributed by atoms with E-state index < -0.39 is 21.7 Å². The van der Waals surface area contributed by atoms with E-state index in [9.17, 15) is 17.6 Å². The number of nitrogens with zero attached hydrogens (tertiary/aromatic N) is 1. The second-order valence-corrected chi connectivity index (χ2v) is 6.66. The van der Waals surface area contributed by atoms with Gasteiger partial charge in [-0.05, 0) is 23.8 Å². The summed E-state index contributed by atoms with van der Waals surface area (Å²) in [6.45, 7) is 0.00692. The Hall–Kier alpha value is -2.32. The van der Waals surface area contributed by atoms with Crippen LogP contribution in [0.25, 0.3) is 0 Å². The number of carbonyl (C=O) groups excluding carboxylic acids is 1. The fraction of sp³-hybridized carbons (Fsp3) is 0.200. The Balaban J connectivity index is 1.81. The second-order valence-electron chi connectivity index (χ2n) is 4.74. The molecule has 0 saturated heterocycles. The molecule has 0 saturated carbocycles. The number of pyridine rings is 1. The fourth-order valence-corrected chi connectivity index (χ4v) is 2.71. The second kappa shape index (κ2) is 7.80. The van der Waals surface area contributed by atoms with Gasteiger partial charge in [0.15, 0.2) is 0 Å². The Labute approximate surface area is 133 Å². The Kier molecular flexibility index (Phi) is 5.78. The number of halogens is 1. The zero-order valence-electron chi connectivity index (χ0n) is 12.2. The summed E-state index contributed by atoms with van der Waals surface area (Å²) in [5, 5.41) is 2.38. The fourth-order valence-electron chi connectivity index (χ4n) is 1.81. The standard InChI is InChI=1S/C15H16FN3O3S/c16-14-6-2-1-5-13(14)15(20)18-8-9-23(21,22)19-11-12-4-3-7-17-10-12/h1-7,10,19H,8-9,11H2,(H,18,20). The van der Waals surface area contributed by atoms with Crippen LogP contribution in [-0.4, -0.2) is 31.6 Å². The number of amides is 1. The topological polar surface area (TPSA) is 88.2 Å². The highest BCUT2D eigenvalue weighted by molar-refractivity contribution is 7.89. The van der Waals surface area contributed by atoms with Crippen molar-refractivity contribution in [2.75, 3.05) is 12.3 Å². The molecule has 0 spiro atoms. The summed E-state index contributed by atoms with van der Waals surface area (Å²) in [6.07, 6.45) is 3.15. The lowest BCUT2D eigenvalue weighted by atomic mass is 10.2. The van der Waals surface area contributed by atoms with Gasteiger partial charge in [-0.1, -0.05) is 18.2 Å². The summed E-state index contributed by atoms with van der Waals surface area (Å²) in [6, 6.07) is 8.96. The summed E-state index contributed by atoms with van der Waals surface area (Å²) < 4.78 is 39.5. The smallest absolute Gasteiger partial charge is 0.254 e. The molecule has 0 aliphatic heterocycles. The van der Waals surface area contributed by atoms with Gasteiger partial charge in [-0.2, -0.15) is 0 Å². The van der Waals surface area contributed by atoms with Crippen LogP contribution < -0.4 is 10.0 Å². The van der Waals surface area contributed by atoms with Gasteiger partial charge in [-0.25, -0.2) is 17.5 Å². The lowest BCUT2D eigenvalue weighted by molar-refractivity contribution is 0.0952. The highest BCUT2D eigenvalue weighted by Gasteiger charge is 2.13. The van der Waals surface area contributed by atoms with Gasteiger partial charge in [-0.3, -0.25) is 9.78 Å². The van der Waals surface area contributed by atoms with Crippen LogP contribution in [0, 0.1) is 5.82 Å². The summed E-state index contributed by atoms with van der Waals surface area (Å²) >= 11 is 0. The third kappa shape index (κ3) is 5.42. The molecule has 1 aromatic heterocycles. The number of sulfonamides is 1. The zero-order chi connectivity index (χ0) is 16.7. The Bertz CT molecular complexity index is 767. The van der Waals surface area contributed by atoms with Crippen molar-refractivity contribution in [3.05, 3.63) is 65.7 Å². The molecule has 0 atom stereocenters. The molecule has 0 radical (unpaired) electrons. The first-order valence-electron chi connectivity index (χ1n) is 6.87. The quantitative estimate of drug-likeness (QED) is 0.791. The molecule has 1 aromatic carbocycles. The minimum Gasteiger partial charge on any atom is -0.351 e. The predicted molar refractivity (Wildman–Crippen MR) is 83.6 cm³/mol. The van der Waals surface area contributed by atoms with Crippen molar-refractivity contribution in [1.82, 2.24) is 15.0 Å². The number of benzene rings is 1. The monoisotopic (exact) mass is 337 g/mol. The van der Waals surface area contributed by atoms with Crippen molar-refractivity contribution in [3.63, 3.8) is 0 Å². The first-order valence-corrected chi connectivity index (χ1v) is 8.52. The normalized spacial score (nSPS) is 11.2. The minimum absolute atomic E-state index is 0.116. The minimum atomic E-state index is -3.55. The van der Waals surface area contributed by atoms with Crippen LogP contribution in [0.15, 0.2) is 48.8 Å². The molecule has 2 aromatic rings. The van der Waals surface area contributed by atoms with Crippen LogP contribution in [0.1, 0.15) is 15.9 Å². The van der Waals surface area contributed by atoms with E-state index in [1.54, 1.807) is 24.5 Å². The molecule has 0 aliphatic carbocycles. The van der Waals surface area contributed by atoms with E-state index in [0.29, 0.717) is 0 Å². The zero-order valence-corrected chi connectivity index (χ0v) is 13.0. The Morgan fingerprint density at radius 1 is 1.17 bits per heavy atom.